The van der Waals surface area contributed by atoms with Crippen molar-refractivity contribution in [3.63, 3.8) is 0 Å². The van der Waals surface area contributed by atoms with Gasteiger partial charge in [0, 0.05) is 24.1 Å². The van der Waals surface area contributed by atoms with Gasteiger partial charge in [-0.2, -0.15) is 0 Å². The summed E-state index contributed by atoms with van der Waals surface area (Å²) in [6.07, 6.45) is 2.19. The summed E-state index contributed by atoms with van der Waals surface area (Å²) in [6, 6.07) is 10.7. The Morgan fingerprint density at radius 1 is 1.24 bits per heavy atom. The van der Waals surface area contributed by atoms with Crippen molar-refractivity contribution in [3.05, 3.63) is 64.1 Å². The van der Waals surface area contributed by atoms with Gasteiger partial charge in [-0.1, -0.05) is 18.2 Å². The Balaban J connectivity index is 2.01. The van der Waals surface area contributed by atoms with Crippen molar-refractivity contribution >= 4 is 11.6 Å². The van der Waals surface area contributed by atoms with Gasteiger partial charge in [-0.3, -0.25) is 9.59 Å². The van der Waals surface area contributed by atoms with Gasteiger partial charge in [0.1, 0.15) is 6.54 Å². The smallest absolute Gasteiger partial charge is 0.253 e. The second-order valence-electron chi connectivity index (χ2n) is 4.84. The molecule has 1 aromatic heterocycles. The van der Waals surface area contributed by atoms with Gasteiger partial charge >= 0.3 is 0 Å². The molecule has 0 aliphatic heterocycles. The molecule has 0 bridgehead atoms. The number of anilines is 1. The number of pyridine rings is 1. The van der Waals surface area contributed by atoms with Crippen molar-refractivity contribution in [1.29, 1.82) is 0 Å². The summed E-state index contributed by atoms with van der Waals surface area (Å²) in [5.74, 6) is -0.252. The average Bonchev–Trinajstić information content (AvgIpc) is 2.46. The summed E-state index contributed by atoms with van der Waals surface area (Å²) in [5, 5.41) is 11.6. The van der Waals surface area contributed by atoms with Gasteiger partial charge in [0.2, 0.25) is 5.91 Å². The molecule has 0 atom stereocenters. The van der Waals surface area contributed by atoms with Crippen LogP contribution in [0.5, 0.6) is 0 Å². The van der Waals surface area contributed by atoms with Crippen LogP contribution >= 0.6 is 0 Å². The second-order valence-corrected chi connectivity index (χ2v) is 4.84. The minimum Gasteiger partial charge on any atom is -0.396 e. The quantitative estimate of drug-likeness (QED) is 0.871. The molecular weight excluding hydrogens is 268 g/mol. The minimum absolute atomic E-state index is 0.0150. The molecular formula is C16H18N2O3. The van der Waals surface area contributed by atoms with Crippen LogP contribution in [0.3, 0.4) is 0 Å². The lowest BCUT2D eigenvalue weighted by atomic mass is 10.1. The molecule has 110 valence electrons. The van der Waals surface area contributed by atoms with Gasteiger partial charge in [0.15, 0.2) is 0 Å². The van der Waals surface area contributed by atoms with Crippen LogP contribution in [0.1, 0.15) is 11.1 Å². The second kappa shape index (κ2) is 6.85. The van der Waals surface area contributed by atoms with Crippen molar-refractivity contribution in [3.8, 4) is 0 Å². The number of carbonyl (C=O) groups excluding carboxylic acids is 1. The molecule has 2 aromatic rings. The fourth-order valence-electron chi connectivity index (χ4n) is 2.02. The average molecular weight is 286 g/mol. The zero-order valence-electron chi connectivity index (χ0n) is 11.9. The first kappa shape index (κ1) is 15.0. The van der Waals surface area contributed by atoms with E-state index in [2.05, 4.69) is 5.32 Å². The number of aryl methyl sites for hydroxylation is 1. The Kier molecular flexibility index (Phi) is 4.90. The number of aliphatic hydroxyl groups is 1. The summed E-state index contributed by atoms with van der Waals surface area (Å²) >= 11 is 0. The van der Waals surface area contributed by atoms with Gasteiger partial charge in [-0.05, 0) is 37.1 Å². The SMILES string of the molecule is Cc1cccn(CC(=O)Nc2ccc(CCO)cc2)c1=O. The third-order valence-electron chi connectivity index (χ3n) is 3.16. The van der Waals surface area contributed by atoms with Crippen LogP contribution in [-0.4, -0.2) is 22.2 Å². The highest BCUT2D eigenvalue weighted by Gasteiger charge is 2.06. The highest BCUT2D eigenvalue weighted by molar-refractivity contribution is 5.90. The number of hydrogen-bond acceptors (Lipinski definition) is 3. The summed E-state index contributed by atoms with van der Waals surface area (Å²) in [6.45, 7) is 1.80. The molecule has 21 heavy (non-hydrogen) atoms. The number of aromatic nitrogens is 1. The first-order valence-corrected chi connectivity index (χ1v) is 6.76. The van der Waals surface area contributed by atoms with E-state index in [1.165, 1.54) is 4.57 Å². The van der Waals surface area contributed by atoms with E-state index in [1.54, 1.807) is 37.4 Å². The maximum absolute atomic E-state index is 11.9. The van der Waals surface area contributed by atoms with Gasteiger partial charge < -0.3 is 15.0 Å². The molecule has 0 saturated carbocycles. The van der Waals surface area contributed by atoms with Gasteiger partial charge in [-0.25, -0.2) is 0 Å². The summed E-state index contributed by atoms with van der Waals surface area (Å²) < 4.78 is 1.38. The predicted octanol–water partition coefficient (Wildman–Crippen LogP) is 1.33. The van der Waals surface area contributed by atoms with Crippen LogP contribution < -0.4 is 10.9 Å². The standard InChI is InChI=1S/C16H18N2O3/c1-12-3-2-9-18(16(12)21)11-15(20)17-14-6-4-13(5-7-14)8-10-19/h2-7,9,19H,8,10-11H2,1H3,(H,17,20). The van der Waals surface area contributed by atoms with Crippen molar-refractivity contribution in [2.24, 2.45) is 0 Å². The third kappa shape index (κ3) is 4.03. The van der Waals surface area contributed by atoms with Crippen LogP contribution in [0, 0.1) is 6.92 Å². The molecule has 0 aliphatic rings. The van der Waals surface area contributed by atoms with E-state index in [-0.39, 0.29) is 24.6 Å². The van der Waals surface area contributed by atoms with E-state index in [9.17, 15) is 9.59 Å². The number of carbonyl (C=O) groups is 1. The van der Waals surface area contributed by atoms with Crippen molar-refractivity contribution < 1.29 is 9.90 Å². The molecule has 2 N–H and O–H groups in total. The van der Waals surface area contributed by atoms with E-state index < -0.39 is 0 Å². The molecule has 2 rings (SSSR count). The zero-order chi connectivity index (χ0) is 15.2. The number of rotatable bonds is 5. The molecule has 0 radical (unpaired) electrons. The van der Waals surface area contributed by atoms with Crippen LogP contribution in [0.4, 0.5) is 5.69 Å². The monoisotopic (exact) mass is 286 g/mol. The Bertz CT molecular complexity index is 675. The first-order valence-electron chi connectivity index (χ1n) is 6.76. The maximum atomic E-state index is 11.9. The molecule has 0 fully saturated rings. The van der Waals surface area contributed by atoms with E-state index in [0.717, 1.165) is 5.56 Å². The summed E-state index contributed by atoms with van der Waals surface area (Å²) in [5.41, 5.74) is 2.12. The van der Waals surface area contributed by atoms with Crippen molar-refractivity contribution in [2.45, 2.75) is 19.9 Å². The molecule has 0 unspecified atom stereocenters. The van der Waals surface area contributed by atoms with E-state index in [4.69, 9.17) is 5.11 Å². The van der Waals surface area contributed by atoms with Crippen molar-refractivity contribution in [2.75, 3.05) is 11.9 Å². The molecule has 5 heteroatoms. The topological polar surface area (TPSA) is 71.3 Å². The maximum Gasteiger partial charge on any atom is 0.253 e. The first-order chi connectivity index (χ1) is 10.1. The van der Waals surface area contributed by atoms with Gasteiger partial charge in [-0.15, -0.1) is 0 Å². The highest BCUT2D eigenvalue weighted by Crippen LogP contribution is 2.10. The number of hydrogen-bond donors (Lipinski definition) is 2. The van der Waals surface area contributed by atoms with Crippen LogP contribution in [-0.2, 0) is 17.8 Å². The Morgan fingerprint density at radius 3 is 2.62 bits per heavy atom. The molecule has 5 nitrogen and oxygen atoms in total. The lowest BCUT2D eigenvalue weighted by Gasteiger charge is -2.08. The molecule has 0 spiro atoms. The summed E-state index contributed by atoms with van der Waals surface area (Å²) in [7, 11) is 0. The fraction of sp³-hybridized carbons (Fsp3) is 0.250. The fourth-order valence-corrected chi connectivity index (χ4v) is 2.02. The number of nitrogens with zero attached hydrogens (tertiary/aromatic N) is 1. The minimum atomic E-state index is -0.252. The van der Waals surface area contributed by atoms with Gasteiger partial charge in [0.25, 0.3) is 5.56 Å². The lowest BCUT2D eigenvalue weighted by molar-refractivity contribution is -0.116. The number of nitrogens with one attached hydrogen (secondary N) is 1. The summed E-state index contributed by atoms with van der Waals surface area (Å²) in [4.78, 5) is 23.8. The molecule has 1 amide bonds. The van der Waals surface area contributed by atoms with Crippen LogP contribution in [0.2, 0.25) is 0 Å². The van der Waals surface area contributed by atoms with Crippen LogP contribution in [0.15, 0.2) is 47.4 Å². The normalized spacial score (nSPS) is 10.4. The van der Waals surface area contributed by atoms with E-state index in [0.29, 0.717) is 17.7 Å². The van der Waals surface area contributed by atoms with E-state index in [1.807, 2.05) is 12.1 Å². The molecule has 1 heterocycles. The number of benzene rings is 1. The van der Waals surface area contributed by atoms with E-state index >= 15 is 0 Å². The molecule has 1 aromatic carbocycles. The van der Waals surface area contributed by atoms with Gasteiger partial charge in [0.05, 0.1) is 0 Å². The highest BCUT2D eigenvalue weighted by atomic mass is 16.3. The Labute approximate surface area is 122 Å². The third-order valence-corrected chi connectivity index (χ3v) is 3.16. The Hall–Kier alpha value is -2.40. The van der Waals surface area contributed by atoms with Crippen LogP contribution in [0.25, 0.3) is 0 Å². The lowest BCUT2D eigenvalue weighted by Crippen LogP contribution is -2.28. The Morgan fingerprint density at radius 2 is 1.95 bits per heavy atom. The molecule has 0 saturated heterocycles. The van der Waals surface area contributed by atoms with Crippen molar-refractivity contribution in [1.82, 2.24) is 4.57 Å². The molecule has 0 aliphatic carbocycles. The number of aliphatic hydroxyl groups excluding tert-OH is 1. The number of amides is 1. The largest absolute Gasteiger partial charge is 0.396 e. The predicted molar refractivity (Wildman–Crippen MR) is 81.3 cm³/mol. The zero-order valence-corrected chi connectivity index (χ0v) is 11.9.